The molecule has 1 rings (SSSR count). The summed E-state index contributed by atoms with van der Waals surface area (Å²) in [7, 11) is 0. The fraction of sp³-hybridized carbons (Fsp3) is 0.500. The third kappa shape index (κ3) is 4.14. The lowest BCUT2D eigenvalue weighted by molar-refractivity contribution is -0.142. The molecule has 6 nitrogen and oxygen atoms in total. The van der Waals surface area contributed by atoms with E-state index in [4.69, 9.17) is 4.74 Å². The highest BCUT2D eigenvalue weighted by atomic mass is 19.4. The van der Waals surface area contributed by atoms with Crippen LogP contribution < -0.4 is 5.32 Å². The minimum atomic E-state index is -4.64. The first-order valence-electron chi connectivity index (χ1n) is 5.29. The third-order valence-corrected chi connectivity index (χ3v) is 2.11. The third-order valence-electron chi connectivity index (χ3n) is 2.11. The predicted octanol–water partition coefficient (Wildman–Crippen LogP) is 0.637. The maximum Gasteiger partial charge on any atom is 0.433 e. The standard InChI is InChI=1S/C10H12F3N3O3/c1-2-19-9(18)7(15-5-17)8-14-4-3-6(16-8)10(11,12)13/h3-5,7,9,18H,2H2,1H3,(H,15,17). The molecule has 0 saturated carbocycles. The Morgan fingerprint density at radius 1 is 1.58 bits per heavy atom. The first-order valence-corrected chi connectivity index (χ1v) is 5.29. The molecule has 1 aromatic heterocycles. The number of hydrogen-bond donors (Lipinski definition) is 2. The Balaban J connectivity index is 3.05. The van der Waals surface area contributed by atoms with Crippen LogP contribution in [0.4, 0.5) is 13.2 Å². The Morgan fingerprint density at radius 2 is 2.26 bits per heavy atom. The van der Waals surface area contributed by atoms with Gasteiger partial charge in [0.15, 0.2) is 12.1 Å². The summed E-state index contributed by atoms with van der Waals surface area (Å²) in [6.07, 6.45) is -5.07. The maximum absolute atomic E-state index is 12.5. The Labute approximate surface area is 106 Å². The minimum Gasteiger partial charge on any atom is -0.366 e. The molecule has 0 aliphatic heterocycles. The van der Waals surface area contributed by atoms with E-state index in [0.717, 1.165) is 6.20 Å². The topological polar surface area (TPSA) is 84.3 Å². The molecule has 2 N–H and O–H groups in total. The molecule has 2 unspecified atom stereocenters. The average Bonchev–Trinajstić information content (AvgIpc) is 2.35. The number of alkyl halides is 3. The van der Waals surface area contributed by atoms with Crippen molar-refractivity contribution in [3.05, 3.63) is 23.8 Å². The number of nitrogens with zero attached hydrogens (tertiary/aromatic N) is 2. The molecular formula is C10H12F3N3O3. The Bertz CT molecular complexity index is 428. The lowest BCUT2D eigenvalue weighted by Gasteiger charge is -2.21. The van der Waals surface area contributed by atoms with Crippen LogP contribution in [0.1, 0.15) is 24.5 Å². The Hall–Kier alpha value is -1.74. The summed E-state index contributed by atoms with van der Waals surface area (Å²) in [5, 5.41) is 11.7. The van der Waals surface area contributed by atoms with Crippen molar-refractivity contribution in [2.45, 2.75) is 25.4 Å². The van der Waals surface area contributed by atoms with E-state index in [-0.39, 0.29) is 18.8 Å². The number of nitrogens with one attached hydrogen (secondary N) is 1. The van der Waals surface area contributed by atoms with Crippen LogP contribution >= 0.6 is 0 Å². The maximum atomic E-state index is 12.5. The van der Waals surface area contributed by atoms with Crippen LogP contribution in [0.2, 0.25) is 0 Å². The highest BCUT2D eigenvalue weighted by molar-refractivity contribution is 5.47. The zero-order chi connectivity index (χ0) is 14.5. The molecule has 106 valence electrons. The van der Waals surface area contributed by atoms with Gasteiger partial charge in [-0.3, -0.25) is 4.79 Å². The first-order chi connectivity index (χ1) is 8.90. The van der Waals surface area contributed by atoms with Crippen molar-refractivity contribution in [3.8, 4) is 0 Å². The van der Waals surface area contributed by atoms with Gasteiger partial charge < -0.3 is 15.2 Å². The van der Waals surface area contributed by atoms with Crippen LogP contribution in [0, 0.1) is 0 Å². The Morgan fingerprint density at radius 3 is 2.79 bits per heavy atom. The second-order valence-electron chi connectivity index (χ2n) is 3.41. The largest absolute Gasteiger partial charge is 0.433 e. The number of halogens is 3. The van der Waals surface area contributed by atoms with Gasteiger partial charge in [0.25, 0.3) is 0 Å². The summed E-state index contributed by atoms with van der Waals surface area (Å²) in [6.45, 7) is 1.69. The van der Waals surface area contributed by atoms with Crippen LogP contribution in [-0.4, -0.2) is 34.4 Å². The summed E-state index contributed by atoms with van der Waals surface area (Å²) >= 11 is 0. The van der Waals surface area contributed by atoms with Gasteiger partial charge >= 0.3 is 6.18 Å². The minimum absolute atomic E-state index is 0.108. The number of amides is 1. The van der Waals surface area contributed by atoms with Crippen molar-refractivity contribution in [2.75, 3.05) is 6.61 Å². The van der Waals surface area contributed by atoms with Gasteiger partial charge in [-0.15, -0.1) is 0 Å². The number of aliphatic hydroxyl groups excluding tert-OH is 1. The van der Waals surface area contributed by atoms with Gasteiger partial charge in [0.1, 0.15) is 11.7 Å². The normalized spacial score (nSPS) is 14.8. The molecule has 9 heteroatoms. The molecule has 0 fully saturated rings. The summed E-state index contributed by atoms with van der Waals surface area (Å²) in [6, 6.07) is -0.589. The van der Waals surface area contributed by atoms with Gasteiger partial charge in [-0.05, 0) is 13.0 Å². The van der Waals surface area contributed by atoms with Crippen molar-refractivity contribution < 1.29 is 27.8 Å². The van der Waals surface area contributed by atoms with E-state index >= 15 is 0 Å². The van der Waals surface area contributed by atoms with Gasteiger partial charge in [-0.2, -0.15) is 13.2 Å². The molecular weight excluding hydrogens is 267 g/mol. The molecule has 0 spiro atoms. The number of carbonyl (C=O) groups excluding carboxylic acids is 1. The van der Waals surface area contributed by atoms with Gasteiger partial charge in [-0.25, -0.2) is 9.97 Å². The quantitative estimate of drug-likeness (QED) is 0.589. The molecule has 0 saturated heterocycles. The molecule has 0 radical (unpaired) electrons. The van der Waals surface area contributed by atoms with E-state index in [1.54, 1.807) is 6.92 Å². The number of carbonyl (C=O) groups is 1. The highest BCUT2D eigenvalue weighted by Gasteiger charge is 2.34. The number of rotatable bonds is 6. The SMILES string of the molecule is CCOC(O)C(NC=O)c1nccc(C(F)(F)F)n1. The van der Waals surface area contributed by atoms with E-state index in [0.29, 0.717) is 6.07 Å². The van der Waals surface area contributed by atoms with Gasteiger partial charge in [-0.1, -0.05) is 0 Å². The molecule has 1 aromatic rings. The molecule has 0 aliphatic rings. The van der Waals surface area contributed by atoms with Crippen molar-refractivity contribution in [1.29, 1.82) is 0 Å². The molecule has 1 heterocycles. The van der Waals surface area contributed by atoms with Crippen LogP contribution in [0.3, 0.4) is 0 Å². The molecule has 0 aromatic carbocycles. The summed E-state index contributed by atoms with van der Waals surface area (Å²) < 4.78 is 42.3. The van der Waals surface area contributed by atoms with E-state index < -0.39 is 24.2 Å². The van der Waals surface area contributed by atoms with Crippen LogP contribution in [0.15, 0.2) is 12.3 Å². The number of hydrogen-bond acceptors (Lipinski definition) is 5. The second-order valence-corrected chi connectivity index (χ2v) is 3.41. The van der Waals surface area contributed by atoms with E-state index in [2.05, 4.69) is 15.3 Å². The average molecular weight is 279 g/mol. The van der Waals surface area contributed by atoms with Crippen molar-refractivity contribution in [2.24, 2.45) is 0 Å². The smallest absolute Gasteiger partial charge is 0.366 e. The lowest BCUT2D eigenvalue weighted by atomic mass is 10.2. The zero-order valence-corrected chi connectivity index (χ0v) is 9.89. The van der Waals surface area contributed by atoms with Crippen molar-refractivity contribution >= 4 is 6.41 Å². The van der Waals surface area contributed by atoms with Crippen LogP contribution in [-0.2, 0) is 15.7 Å². The number of ether oxygens (including phenoxy) is 1. The molecule has 0 bridgehead atoms. The van der Waals surface area contributed by atoms with Gasteiger partial charge in [0.05, 0.1) is 0 Å². The molecule has 0 aliphatic carbocycles. The monoisotopic (exact) mass is 279 g/mol. The molecule has 2 atom stereocenters. The molecule has 19 heavy (non-hydrogen) atoms. The van der Waals surface area contributed by atoms with Crippen molar-refractivity contribution in [3.63, 3.8) is 0 Å². The van der Waals surface area contributed by atoms with Crippen LogP contribution in [0.25, 0.3) is 0 Å². The van der Waals surface area contributed by atoms with Gasteiger partial charge in [0, 0.05) is 12.8 Å². The zero-order valence-electron chi connectivity index (χ0n) is 9.89. The first kappa shape index (κ1) is 15.3. The fourth-order valence-corrected chi connectivity index (χ4v) is 1.31. The number of aromatic nitrogens is 2. The summed E-state index contributed by atoms with van der Waals surface area (Å²) in [5.74, 6) is -0.386. The second kappa shape index (κ2) is 6.43. The summed E-state index contributed by atoms with van der Waals surface area (Å²) in [5.41, 5.74) is -1.17. The highest BCUT2D eigenvalue weighted by Crippen LogP contribution is 2.28. The van der Waals surface area contributed by atoms with E-state index in [9.17, 15) is 23.1 Å². The van der Waals surface area contributed by atoms with E-state index in [1.165, 1.54) is 0 Å². The summed E-state index contributed by atoms with van der Waals surface area (Å²) in [4.78, 5) is 17.3. The molecule has 1 amide bonds. The lowest BCUT2D eigenvalue weighted by Crippen LogP contribution is -2.35. The van der Waals surface area contributed by atoms with Crippen LogP contribution in [0.5, 0.6) is 0 Å². The van der Waals surface area contributed by atoms with E-state index in [1.807, 2.05) is 0 Å². The Kier molecular flexibility index (Phi) is 5.19. The number of aliphatic hydroxyl groups is 1. The fourth-order valence-electron chi connectivity index (χ4n) is 1.31. The van der Waals surface area contributed by atoms with Crippen molar-refractivity contribution in [1.82, 2.24) is 15.3 Å². The predicted molar refractivity (Wildman–Crippen MR) is 56.6 cm³/mol. The van der Waals surface area contributed by atoms with Gasteiger partial charge in [0.2, 0.25) is 6.41 Å².